The Kier molecular flexibility index (Phi) is 5.97. The molecule has 11 heteroatoms. The van der Waals surface area contributed by atoms with Crippen LogP contribution in [0.15, 0.2) is 36.7 Å². The van der Waals surface area contributed by atoms with E-state index in [1.54, 1.807) is 4.90 Å². The smallest absolute Gasteiger partial charge is 0.314 e. The number of carbonyl (C=O) groups excluding carboxylic acids is 1. The number of nitrogens with zero attached hydrogens (tertiary/aromatic N) is 8. The number of hydrogen-bond acceptors (Lipinski definition) is 8. The molecule has 0 bridgehead atoms. The van der Waals surface area contributed by atoms with Gasteiger partial charge in [0.2, 0.25) is 5.95 Å². The Morgan fingerprint density at radius 3 is 2.51 bits per heavy atom. The van der Waals surface area contributed by atoms with Gasteiger partial charge in [0, 0.05) is 32.2 Å². The molecule has 2 atom stereocenters. The molecule has 6 rings (SSSR count). The minimum Gasteiger partial charge on any atom is -0.359 e. The summed E-state index contributed by atoms with van der Waals surface area (Å²) in [6.07, 6.45) is 6.90. The van der Waals surface area contributed by atoms with E-state index in [0.29, 0.717) is 38.0 Å². The number of anilines is 2. The molecule has 11 nitrogen and oxygen atoms in total. The number of aromatic nitrogens is 6. The van der Waals surface area contributed by atoms with Gasteiger partial charge in [-0.25, -0.2) is 14.8 Å². The minimum atomic E-state index is -0.392. The number of carbonyl (C=O) groups is 1. The number of nitrogens with two attached hydrogens (primary N) is 1. The van der Waals surface area contributed by atoms with Crippen LogP contribution in [0.4, 0.5) is 16.6 Å². The first-order chi connectivity index (χ1) is 18.0. The van der Waals surface area contributed by atoms with Crippen LogP contribution in [0.1, 0.15) is 50.9 Å². The maximum absolute atomic E-state index is 11.6. The van der Waals surface area contributed by atoms with Crippen LogP contribution >= 0.6 is 0 Å². The van der Waals surface area contributed by atoms with Crippen LogP contribution in [0.3, 0.4) is 0 Å². The fourth-order valence-electron chi connectivity index (χ4n) is 4.96. The minimum absolute atomic E-state index is 0.0185. The largest absolute Gasteiger partial charge is 0.359 e. The maximum atomic E-state index is 11.6. The predicted molar refractivity (Wildman–Crippen MR) is 142 cm³/mol. The van der Waals surface area contributed by atoms with Crippen LogP contribution < -0.4 is 16.0 Å². The van der Waals surface area contributed by atoms with Crippen molar-refractivity contribution in [3.8, 4) is 0 Å². The van der Waals surface area contributed by atoms with Crippen LogP contribution in [-0.2, 0) is 0 Å². The monoisotopic (exact) mass is 500 g/mol. The predicted octanol–water partition coefficient (Wildman–Crippen LogP) is 3.50. The van der Waals surface area contributed by atoms with E-state index < -0.39 is 6.03 Å². The Morgan fingerprint density at radius 2 is 1.81 bits per heavy atom. The summed E-state index contributed by atoms with van der Waals surface area (Å²) in [5.41, 5.74) is 9.86. The van der Waals surface area contributed by atoms with Gasteiger partial charge in [0.1, 0.15) is 11.0 Å². The lowest BCUT2D eigenvalue weighted by Crippen LogP contribution is -2.51. The van der Waals surface area contributed by atoms with Crippen LogP contribution in [0.2, 0.25) is 0 Å². The number of benzene rings is 1. The maximum Gasteiger partial charge on any atom is 0.314 e. The van der Waals surface area contributed by atoms with E-state index in [1.807, 2.05) is 41.3 Å². The topological polar surface area (TPSA) is 131 Å². The Labute approximate surface area is 215 Å². The van der Waals surface area contributed by atoms with Gasteiger partial charge >= 0.3 is 6.03 Å². The molecule has 0 radical (unpaired) electrons. The lowest BCUT2D eigenvalue weighted by Gasteiger charge is -2.34. The lowest BCUT2D eigenvalue weighted by atomic mass is 10.1. The molecule has 0 spiro atoms. The summed E-state index contributed by atoms with van der Waals surface area (Å²) in [6, 6.07) is 7.74. The van der Waals surface area contributed by atoms with Crippen molar-refractivity contribution >= 4 is 39.9 Å². The number of primary amides is 1. The van der Waals surface area contributed by atoms with Crippen molar-refractivity contribution in [1.29, 1.82) is 0 Å². The van der Waals surface area contributed by atoms with Crippen molar-refractivity contribution in [2.45, 2.75) is 45.2 Å². The molecule has 1 aliphatic heterocycles. The molecule has 2 amide bonds. The van der Waals surface area contributed by atoms with Crippen LogP contribution in [0.25, 0.3) is 22.1 Å². The zero-order chi connectivity index (χ0) is 25.5. The van der Waals surface area contributed by atoms with Gasteiger partial charge in [-0.3, -0.25) is 9.67 Å². The molecule has 1 aliphatic carbocycles. The summed E-state index contributed by atoms with van der Waals surface area (Å²) >= 11 is 0. The number of nitrogens with one attached hydrogen (secondary N) is 1. The van der Waals surface area contributed by atoms with Crippen molar-refractivity contribution in [1.82, 2.24) is 34.6 Å². The van der Waals surface area contributed by atoms with Gasteiger partial charge < -0.3 is 20.9 Å². The third-order valence-corrected chi connectivity index (χ3v) is 7.49. The molecule has 4 heterocycles. The van der Waals surface area contributed by atoms with Crippen molar-refractivity contribution in [3.05, 3.63) is 42.4 Å². The third kappa shape index (κ3) is 4.49. The number of para-hydroxylation sites is 2. The number of piperazine rings is 1. The second-order valence-electron chi connectivity index (χ2n) is 10.0. The molecule has 1 unspecified atom stereocenters. The molecule has 1 saturated carbocycles. The number of amides is 2. The summed E-state index contributed by atoms with van der Waals surface area (Å²) in [5, 5.41) is 8.44. The van der Waals surface area contributed by atoms with Crippen LogP contribution in [-0.4, -0.2) is 66.8 Å². The molecule has 37 heavy (non-hydrogen) atoms. The Bertz CT molecular complexity index is 1440. The summed E-state index contributed by atoms with van der Waals surface area (Å²) in [6.45, 7) is 6.63. The van der Waals surface area contributed by atoms with Gasteiger partial charge in [0.05, 0.1) is 35.2 Å². The van der Waals surface area contributed by atoms with E-state index >= 15 is 0 Å². The first-order valence-electron chi connectivity index (χ1n) is 13.0. The highest BCUT2D eigenvalue weighted by Gasteiger charge is 2.35. The summed E-state index contributed by atoms with van der Waals surface area (Å²) < 4.78 is 2.02. The van der Waals surface area contributed by atoms with Gasteiger partial charge in [-0.2, -0.15) is 10.1 Å². The van der Waals surface area contributed by atoms with Crippen LogP contribution in [0.5, 0.6) is 0 Å². The average Bonchev–Trinajstić information content (AvgIpc) is 3.68. The second-order valence-corrected chi connectivity index (χ2v) is 10.0. The van der Waals surface area contributed by atoms with Gasteiger partial charge in [0.25, 0.3) is 0 Å². The summed E-state index contributed by atoms with van der Waals surface area (Å²) in [5.74, 6) is 1.84. The molecule has 3 aromatic heterocycles. The van der Waals surface area contributed by atoms with E-state index in [9.17, 15) is 4.79 Å². The molecule has 1 aromatic carbocycles. The van der Waals surface area contributed by atoms with Crippen molar-refractivity contribution in [2.75, 3.05) is 36.4 Å². The Balaban J connectivity index is 1.40. The summed E-state index contributed by atoms with van der Waals surface area (Å²) in [4.78, 5) is 34.9. The van der Waals surface area contributed by atoms with Gasteiger partial charge in [-0.05, 0) is 44.2 Å². The van der Waals surface area contributed by atoms with Gasteiger partial charge in [-0.15, -0.1) is 0 Å². The second kappa shape index (κ2) is 9.45. The molecule has 4 aromatic rings. The molecule has 2 fully saturated rings. The van der Waals surface area contributed by atoms with Gasteiger partial charge in [0.15, 0.2) is 5.82 Å². The van der Waals surface area contributed by atoms with Crippen molar-refractivity contribution < 1.29 is 4.79 Å². The van der Waals surface area contributed by atoms with E-state index in [4.69, 9.17) is 20.7 Å². The molecule has 3 N–H and O–H groups in total. The highest BCUT2D eigenvalue weighted by atomic mass is 16.2. The molecule has 1 saturated heterocycles. The van der Waals surface area contributed by atoms with E-state index in [2.05, 4.69) is 34.1 Å². The lowest BCUT2D eigenvalue weighted by molar-refractivity contribution is 0.204. The SMILES string of the molecule is CC[C@H](C)n1ncc2nc(N3CCN(C(N)=O)CC3)nc(NC(c3cnc4ccccc4n3)C3CC3)c21. The molecule has 2 aliphatic rings. The van der Waals surface area contributed by atoms with E-state index in [-0.39, 0.29) is 12.1 Å². The Hall–Kier alpha value is -4.02. The highest BCUT2D eigenvalue weighted by molar-refractivity contribution is 5.87. The average molecular weight is 501 g/mol. The number of fused-ring (bicyclic) bond motifs is 2. The molecular formula is C26H32N10O. The van der Waals surface area contributed by atoms with Gasteiger partial charge in [-0.1, -0.05) is 19.1 Å². The third-order valence-electron chi connectivity index (χ3n) is 7.49. The van der Waals surface area contributed by atoms with E-state index in [0.717, 1.165) is 52.8 Å². The van der Waals surface area contributed by atoms with E-state index in [1.165, 1.54) is 0 Å². The Morgan fingerprint density at radius 1 is 1.05 bits per heavy atom. The number of rotatable bonds is 7. The number of urea groups is 1. The zero-order valence-corrected chi connectivity index (χ0v) is 21.2. The normalized spacial score (nSPS) is 17.8. The first-order valence-corrected chi connectivity index (χ1v) is 13.0. The molecule has 192 valence electrons. The highest BCUT2D eigenvalue weighted by Crippen LogP contribution is 2.43. The summed E-state index contributed by atoms with van der Waals surface area (Å²) in [7, 11) is 0. The standard InChI is InChI=1S/C26H32N10O/c1-3-16(2)36-23-21(15-29-36)31-26(35-12-10-34(11-13-35)25(27)37)33-24(23)32-22(17-8-9-17)20-14-28-18-6-4-5-7-19(18)30-20/h4-7,14-17,22H,3,8-13H2,1-2H3,(H2,27,37)(H,31,32,33)/t16-,22?/m0/s1. The quantitative estimate of drug-likeness (QED) is 0.394. The number of hydrogen-bond donors (Lipinski definition) is 2. The van der Waals surface area contributed by atoms with Crippen molar-refractivity contribution in [3.63, 3.8) is 0 Å². The first kappa shape index (κ1) is 23.4. The fraction of sp³-hybridized carbons (Fsp3) is 0.462. The molecular weight excluding hydrogens is 468 g/mol. The van der Waals surface area contributed by atoms with Crippen LogP contribution in [0, 0.1) is 5.92 Å². The zero-order valence-electron chi connectivity index (χ0n) is 21.2. The van der Waals surface area contributed by atoms with Crippen molar-refractivity contribution in [2.24, 2.45) is 11.7 Å². The fourth-order valence-corrected chi connectivity index (χ4v) is 4.96.